The van der Waals surface area contributed by atoms with Crippen LogP contribution in [-0.4, -0.2) is 54.9 Å². The van der Waals surface area contributed by atoms with E-state index < -0.39 is 0 Å². The van der Waals surface area contributed by atoms with E-state index in [1.54, 1.807) is 19.2 Å². The molecule has 0 atom stereocenters. The number of rotatable bonds is 12. The van der Waals surface area contributed by atoms with Gasteiger partial charge in [-0.2, -0.15) is 0 Å². The molecule has 1 aromatic heterocycles. The molecule has 0 saturated heterocycles. The second-order valence-electron chi connectivity index (χ2n) is 9.03. The fourth-order valence-corrected chi connectivity index (χ4v) is 3.77. The monoisotopic (exact) mass is 517 g/mol. The molecular weight excluding hydrogens is 485 g/mol. The van der Waals surface area contributed by atoms with Crippen molar-refractivity contribution in [2.45, 2.75) is 20.0 Å². The lowest BCUT2D eigenvalue weighted by Gasteiger charge is -2.15. The molecule has 0 unspecified atom stereocenters. The topological polar surface area (TPSA) is 81.1 Å². The molecule has 3 aromatic carbocycles. The van der Waals surface area contributed by atoms with Crippen molar-refractivity contribution in [3.05, 3.63) is 83.9 Å². The van der Waals surface area contributed by atoms with Gasteiger partial charge in [0, 0.05) is 23.7 Å². The summed E-state index contributed by atoms with van der Waals surface area (Å²) in [6, 6.07) is 17.7. The Balaban J connectivity index is 1.43. The fraction of sp³-hybridized carbons (Fsp3) is 0.276. The third kappa shape index (κ3) is 7.17. The highest BCUT2D eigenvalue weighted by atomic mass is 19.1. The molecule has 8 nitrogen and oxygen atoms in total. The third-order valence-electron chi connectivity index (χ3n) is 5.84. The van der Waals surface area contributed by atoms with Crippen molar-refractivity contribution in [2.24, 2.45) is 5.16 Å². The minimum atomic E-state index is -0.277. The van der Waals surface area contributed by atoms with Crippen molar-refractivity contribution < 1.29 is 18.7 Å². The molecule has 0 radical (unpaired) electrons. The number of halogens is 1. The normalized spacial score (nSPS) is 11.6. The van der Waals surface area contributed by atoms with Gasteiger partial charge in [0.05, 0.1) is 24.9 Å². The quantitative estimate of drug-likeness (QED) is 0.145. The number of hydrogen-bond donors (Lipinski definition) is 1. The Kier molecular flexibility index (Phi) is 9.05. The summed E-state index contributed by atoms with van der Waals surface area (Å²) in [5.41, 5.74) is 4.11. The van der Waals surface area contributed by atoms with E-state index in [4.69, 9.17) is 14.3 Å². The van der Waals surface area contributed by atoms with E-state index in [0.29, 0.717) is 23.9 Å². The molecule has 4 rings (SSSR count). The van der Waals surface area contributed by atoms with E-state index in [1.807, 2.05) is 57.4 Å². The molecule has 198 valence electrons. The highest BCUT2D eigenvalue weighted by Gasteiger charge is 2.12. The van der Waals surface area contributed by atoms with Gasteiger partial charge in [0.15, 0.2) is 11.5 Å². The van der Waals surface area contributed by atoms with Crippen molar-refractivity contribution in [3.63, 3.8) is 0 Å². The van der Waals surface area contributed by atoms with Crippen LogP contribution in [0.2, 0.25) is 0 Å². The summed E-state index contributed by atoms with van der Waals surface area (Å²) in [5.74, 6) is 1.67. The van der Waals surface area contributed by atoms with Crippen molar-refractivity contribution in [3.8, 4) is 11.5 Å². The number of nitrogens with zero attached hydrogens (tertiary/aromatic N) is 4. The Morgan fingerprint density at radius 3 is 2.47 bits per heavy atom. The Bertz CT molecular complexity index is 1380. The van der Waals surface area contributed by atoms with E-state index in [2.05, 4.69) is 25.3 Å². The molecule has 0 bridgehead atoms. The molecule has 1 heterocycles. The van der Waals surface area contributed by atoms with Crippen LogP contribution in [0.5, 0.6) is 11.5 Å². The minimum absolute atomic E-state index is 0.268. The smallest absolute Gasteiger partial charge is 0.163 e. The molecule has 0 spiro atoms. The summed E-state index contributed by atoms with van der Waals surface area (Å²) < 4.78 is 24.6. The Morgan fingerprint density at radius 2 is 1.76 bits per heavy atom. The number of anilines is 2. The van der Waals surface area contributed by atoms with Crippen LogP contribution in [0.15, 0.2) is 72.1 Å². The van der Waals surface area contributed by atoms with Gasteiger partial charge in [-0.25, -0.2) is 14.4 Å². The summed E-state index contributed by atoms with van der Waals surface area (Å²) in [6.07, 6.45) is 2.43. The van der Waals surface area contributed by atoms with Gasteiger partial charge in [-0.3, -0.25) is 0 Å². The molecule has 1 N–H and O–H groups in total. The summed E-state index contributed by atoms with van der Waals surface area (Å²) in [4.78, 5) is 16.4. The molecule has 9 heteroatoms. The highest BCUT2D eigenvalue weighted by Crippen LogP contribution is 2.34. The van der Waals surface area contributed by atoms with E-state index in [1.165, 1.54) is 18.5 Å². The lowest BCUT2D eigenvalue weighted by atomic mass is 10.1. The Labute approximate surface area is 222 Å². The number of aromatic nitrogens is 2. The van der Waals surface area contributed by atoms with E-state index in [9.17, 15) is 4.39 Å². The van der Waals surface area contributed by atoms with Gasteiger partial charge in [0.1, 0.15) is 24.6 Å². The van der Waals surface area contributed by atoms with Gasteiger partial charge < -0.3 is 24.5 Å². The van der Waals surface area contributed by atoms with Crippen LogP contribution in [0.4, 0.5) is 15.9 Å². The van der Waals surface area contributed by atoms with Gasteiger partial charge in [0.2, 0.25) is 0 Å². The maximum atomic E-state index is 13.0. The lowest BCUT2D eigenvalue weighted by Crippen LogP contribution is -2.15. The number of benzene rings is 3. The number of ether oxygens (including phenoxy) is 2. The minimum Gasteiger partial charge on any atom is -0.493 e. The maximum absolute atomic E-state index is 13.0. The second-order valence-corrected chi connectivity index (χ2v) is 9.03. The zero-order valence-corrected chi connectivity index (χ0v) is 22.1. The molecule has 0 aliphatic rings. The van der Waals surface area contributed by atoms with Crippen molar-refractivity contribution in [2.75, 3.05) is 39.7 Å². The third-order valence-corrected chi connectivity index (χ3v) is 5.84. The predicted octanol–water partition coefficient (Wildman–Crippen LogP) is 5.79. The first kappa shape index (κ1) is 26.8. The Hall–Kier alpha value is -4.24. The van der Waals surface area contributed by atoms with Crippen LogP contribution in [0.1, 0.15) is 24.5 Å². The van der Waals surface area contributed by atoms with Gasteiger partial charge in [0.25, 0.3) is 0 Å². The number of methoxy groups -OCH3 is 1. The van der Waals surface area contributed by atoms with Crippen LogP contribution >= 0.6 is 0 Å². The van der Waals surface area contributed by atoms with Crippen LogP contribution in [0, 0.1) is 5.82 Å². The first-order chi connectivity index (χ1) is 18.4. The lowest BCUT2D eigenvalue weighted by molar-refractivity contribution is 0.130. The van der Waals surface area contributed by atoms with Crippen LogP contribution < -0.4 is 14.8 Å². The average molecular weight is 518 g/mol. The molecule has 0 saturated carbocycles. The average Bonchev–Trinajstić information content (AvgIpc) is 2.92. The van der Waals surface area contributed by atoms with E-state index >= 15 is 0 Å². The highest BCUT2D eigenvalue weighted by molar-refractivity contribution is 5.99. The second kappa shape index (κ2) is 12.8. The SMILES string of the molecule is COc1cc2c(Nc3ccc(C(C)=NOCc4ccc(F)cc4)cc3)ncnc2cc1OCCCN(C)C. The van der Waals surface area contributed by atoms with Crippen molar-refractivity contribution in [1.29, 1.82) is 0 Å². The zero-order chi connectivity index (χ0) is 26.9. The summed E-state index contributed by atoms with van der Waals surface area (Å²) in [7, 11) is 5.70. The summed E-state index contributed by atoms with van der Waals surface area (Å²) in [6.45, 7) is 3.67. The number of fused-ring (bicyclic) bond motifs is 1. The van der Waals surface area contributed by atoms with Gasteiger partial charge >= 0.3 is 0 Å². The van der Waals surface area contributed by atoms with Crippen molar-refractivity contribution in [1.82, 2.24) is 14.9 Å². The first-order valence-corrected chi connectivity index (χ1v) is 12.3. The first-order valence-electron chi connectivity index (χ1n) is 12.3. The number of oxime groups is 1. The summed E-state index contributed by atoms with van der Waals surface area (Å²) >= 11 is 0. The molecule has 0 aliphatic carbocycles. The maximum Gasteiger partial charge on any atom is 0.163 e. The predicted molar refractivity (Wildman–Crippen MR) is 148 cm³/mol. The standard InChI is InChI=1S/C29H32FN5O3/c1-20(34-38-18-21-6-10-23(30)11-7-21)22-8-12-24(13-9-22)33-29-25-16-27(36-4)28(17-26(25)31-19-32-29)37-15-5-14-35(2)3/h6-13,16-17,19H,5,14-15,18H2,1-4H3,(H,31,32,33). The molecular formula is C29H32FN5O3. The summed E-state index contributed by atoms with van der Waals surface area (Å²) in [5, 5.41) is 8.37. The zero-order valence-electron chi connectivity index (χ0n) is 22.1. The van der Waals surface area contributed by atoms with Crippen LogP contribution in [0.25, 0.3) is 10.9 Å². The molecule has 0 aliphatic heterocycles. The van der Waals surface area contributed by atoms with Crippen LogP contribution in [0.3, 0.4) is 0 Å². The van der Waals surface area contributed by atoms with Gasteiger partial charge in [-0.15, -0.1) is 0 Å². The number of hydrogen-bond acceptors (Lipinski definition) is 8. The van der Waals surface area contributed by atoms with Gasteiger partial charge in [-0.1, -0.05) is 29.4 Å². The number of nitrogens with one attached hydrogen (secondary N) is 1. The largest absolute Gasteiger partial charge is 0.493 e. The molecule has 4 aromatic rings. The van der Waals surface area contributed by atoms with E-state index in [0.717, 1.165) is 46.4 Å². The molecule has 0 fully saturated rings. The molecule has 38 heavy (non-hydrogen) atoms. The van der Waals surface area contributed by atoms with E-state index in [-0.39, 0.29) is 12.4 Å². The van der Waals surface area contributed by atoms with Crippen molar-refractivity contribution >= 4 is 28.1 Å². The van der Waals surface area contributed by atoms with Gasteiger partial charge in [-0.05, 0) is 68.9 Å². The van der Waals surface area contributed by atoms with Crippen LogP contribution in [-0.2, 0) is 11.4 Å². The Morgan fingerprint density at radius 1 is 1.00 bits per heavy atom. The fourth-order valence-electron chi connectivity index (χ4n) is 3.77. The molecule has 0 amide bonds.